The molecule has 6 nitrogen and oxygen atoms in total. The van der Waals surface area contributed by atoms with Gasteiger partial charge in [0.25, 0.3) is 0 Å². The number of nitrogens with zero attached hydrogens (tertiary/aromatic N) is 1. The van der Waals surface area contributed by atoms with Gasteiger partial charge in [-0.3, -0.25) is 13.8 Å². The lowest BCUT2D eigenvalue weighted by Crippen LogP contribution is -2.33. The Morgan fingerprint density at radius 3 is 2.16 bits per heavy atom. The van der Waals surface area contributed by atoms with Crippen molar-refractivity contribution in [2.45, 2.75) is 31.7 Å². The van der Waals surface area contributed by atoms with Gasteiger partial charge in [0.2, 0.25) is 0 Å². The maximum Gasteiger partial charge on any atom is 0.308 e. The second-order valence-corrected chi connectivity index (χ2v) is 6.82. The molecular formula is C18H20NO5S+. The third-order valence-electron chi connectivity index (χ3n) is 3.37. The number of aryl methyl sites for hydroxylation is 2. The molecule has 132 valence electrons. The molecule has 1 heterocycles. The molecule has 2 rings (SSSR count). The highest BCUT2D eigenvalue weighted by atomic mass is 32.2. The standard InChI is InChI=1S/C18H20NO5S/c1-13(20)23-17-5-4-15(12-18(17)24-14(2)21)6-9-19-10-7-16(8-11-19)25(3)22/h4-5,7-8,10-12H,6,9H2,1-3H3/q+1. The van der Waals surface area contributed by atoms with Crippen LogP contribution < -0.4 is 14.0 Å². The number of benzene rings is 1. The van der Waals surface area contributed by atoms with Gasteiger partial charge < -0.3 is 9.47 Å². The van der Waals surface area contributed by atoms with Gasteiger partial charge in [-0.05, 0) is 17.7 Å². The molecular weight excluding hydrogens is 342 g/mol. The number of hydrogen-bond acceptors (Lipinski definition) is 5. The van der Waals surface area contributed by atoms with Crippen molar-refractivity contribution < 1.29 is 27.8 Å². The molecule has 0 amide bonds. The van der Waals surface area contributed by atoms with E-state index in [-0.39, 0.29) is 11.5 Å². The van der Waals surface area contributed by atoms with E-state index < -0.39 is 22.7 Å². The Labute approximate surface area is 148 Å². The van der Waals surface area contributed by atoms with Crippen molar-refractivity contribution >= 4 is 22.7 Å². The second kappa shape index (κ2) is 8.53. The highest BCUT2D eigenvalue weighted by Gasteiger charge is 2.12. The fourth-order valence-corrected chi connectivity index (χ4v) is 2.73. The number of hydrogen-bond donors (Lipinski definition) is 0. The molecule has 25 heavy (non-hydrogen) atoms. The fourth-order valence-electron chi connectivity index (χ4n) is 2.22. The average molecular weight is 362 g/mol. The summed E-state index contributed by atoms with van der Waals surface area (Å²) >= 11 is 0. The van der Waals surface area contributed by atoms with E-state index in [2.05, 4.69) is 0 Å². The van der Waals surface area contributed by atoms with Crippen molar-refractivity contribution in [1.82, 2.24) is 0 Å². The number of carbonyl (C=O) groups excluding carboxylic acids is 2. The van der Waals surface area contributed by atoms with Crippen LogP contribution >= 0.6 is 0 Å². The van der Waals surface area contributed by atoms with E-state index in [0.29, 0.717) is 13.0 Å². The van der Waals surface area contributed by atoms with Gasteiger partial charge in [-0.2, -0.15) is 0 Å². The van der Waals surface area contributed by atoms with Crippen molar-refractivity contribution in [2.24, 2.45) is 0 Å². The summed E-state index contributed by atoms with van der Waals surface area (Å²) < 4.78 is 23.5. The van der Waals surface area contributed by atoms with E-state index in [1.165, 1.54) is 13.8 Å². The van der Waals surface area contributed by atoms with Crippen LogP contribution in [0.25, 0.3) is 0 Å². The van der Waals surface area contributed by atoms with E-state index in [9.17, 15) is 13.8 Å². The third-order valence-corrected chi connectivity index (χ3v) is 4.30. The summed E-state index contributed by atoms with van der Waals surface area (Å²) in [5.74, 6) is -0.524. The molecule has 0 aliphatic carbocycles. The molecule has 0 fully saturated rings. The summed E-state index contributed by atoms with van der Waals surface area (Å²) in [7, 11) is -0.997. The molecule has 0 radical (unpaired) electrons. The largest absolute Gasteiger partial charge is 0.423 e. The number of esters is 2. The van der Waals surface area contributed by atoms with Gasteiger partial charge in [0.1, 0.15) is 0 Å². The van der Waals surface area contributed by atoms with Gasteiger partial charge in [-0.1, -0.05) is 6.07 Å². The smallest absolute Gasteiger partial charge is 0.308 e. The predicted octanol–water partition coefficient (Wildman–Crippen LogP) is 1.80. The van der Waals surface area contributed by atoms with Crippen LogP contribution in [0.2, 0.25) is 0 Å². The van der Waals surface area contributed by atoms with Crippen LogP contribution in [0.3, 0.4) is 0 Å². The lowest BCUT2D eigenvalue weighted by molar-refractivity contribution is -0.696. The topological polar surface area (TPSA) is 73.6 Å². The lowest BCUT2D eigenvalue weighted by atomic mass is 10.1. The first-order valence-corrected chi connectivity index (χ1v) is 9.23. The molecule has 0 bridgehead atoms. The Balaban J connectivity index is 2.11. The third kappa shape index (κ3) is 5.79. The van der Waals surface area contributed by atoms with E-state index in [1.54, 1.807) is 18.4 Å². The first-order chi connectivity index (χ1) is 11.8. The summed E-state index contributed by atoms with van der Waals surface area (Å²) in [6.07, 6.45) is 6.07. The second-order valence-electron chi connectivity index (χ2n) is 5.44. The molecule has 0 N–H and O–H groups in total. The highest BCUT2D eigenvalue weighted by Crippen LogP contribution is 2.29. The minimum Gasteiger partial charge on any atom is -0.423 e. The first-order valence-electron chi connectivity index (χ1n) is 7.67. The fraction of sp³-hybridized carbons (Fsp3) is 0.278. The van der Waals surface area contributed by atoms with Crippen LogP contribution in [0.15, 0.2) is 47.6 Å². The maximum absolute atomic E-state index is 11.4. The van der Waals surface area contributed by atoms with Crippen LogP contribution in [-0.2, 0) is 33.4 Å². The summed E-state index contributed by atoms with van der Waals surface area (Å²) in [4.78, 5) is 23.1. The Kier molecular flexibility index (Phi) is 6.41. The van der Waals surface area contributed by atoms with Crippen LogP contribution in [0.4, 0.5) is 0 Å². The van der Waals surface area contributed by atoms with Gasteiger partial charge in [0.05, 0.1) is 15.7 Å². The monoisotopic (exact) mass is 362 g/mol. The maximum atomic E-state index is 11.4. The van der Waals surface area contributed by atoms with Crippen LogP contribution in [-0.4, -0.2) is 22.4 Å². The Bertz CT molecular complexity index is 802. The van der Waals surface area contributed by atoms with E-state index >= 15 is 0 Å². The molecule has 1 aromatic heterocycles. The van der Waals surface area contributed by atoms with Gasteiger partial charge in [-0.15, -0.1) is 0 Å². The Hall–Kier alpha value is -2.54. The zero-order valence-electron chi connectivity index (χ0n) is 14.4. The quantitative estimate of drug-likeness (QED) is 0.445. The van der Waals surface area contributed by atoms with E-state index in [0.717, 1.165) is 10.5 Å². The molecule has 0 spiro atoms. The Morgan fingerprint density at radius 1 is 1.00 bits per heavy atom. The molecule has 1 unspecified atom stereocenters. The van der Waals surface area contributed by atoms with Gasteiger partial charge in [0, 0.05) is 38.7 Å². The summed E-state index contributed by atoms with van der Waals surface area (Å²) in [5.41, 5.74) is 0.933. The normalized spacial score (nSPS) is 11.6. The lowest BCUT2D eigenvalue weighted by Gasteiger charge is -2.10. The van der Waals surface area contributed by atoms with Gasteiger partial charge in [0.15, 0.2) is 30.4 Å². The highest BCUT2D eigenvalue weighted by molar-refractivity contribution is 7.84. The number of ether oxygens (including phenoxy) is 2. The minimum atomic E-state index is -0.997. The van der Waals surface area contributed by atoms with Crippen molar-refractivity contribution in [1.29, 1.82) is 0 Å². The number of aromatic nitrogens is 1. The van der Waals surface area contributed by atoms with Gasteiger partial charge >= 0.3 is 11.9 Å². The summed E-state index contributed by atoms with van der Waals surface area (Å²) in [6, 6.07) is 8.77. The zero-order valence-corrected chi connectivity index (χ0v) is 15.2. The van der Waals surface area contributed by atoms with Crippen molar-refractivity contribution in [3.05, 3.63) is 48.3 Å². The molecule has 0 saturated heterocycles. The van der Waals surface area contributed by atoms with E-state index in [1.807, 2.05) is 35.2 Å². The molecule has 2 aromatic rings. The molecule has 0 aliphatic rings. The van der Waals surface area contributed by atoms with Crippen molar-refractivity contribution in [3.63, 3.8) is 0 Å². The molecule has 1 aromatic carbocycles. The van der Waals surface area contributed by atoms with Gasteiger partial charge in [-0.25, -0.2) is 4.57 Å². The Morgan fingerprint density at radius 2 is 1.60 bits per heavy atom. The molecule has 0 saturated carbocycles. The number of rotatable bonds is 6. The average Bonchev–Trinajstić information content (AvgIpc) is 2.54. The summed E-state index contributed by atoms with van der Waals surface area (Å²) in [6.45, 7) is 3.28. The molecule has 1 atom stereocenters. The SMILES string of the molecule is CC(=O)Oc1ccc(CC[n+]2ccc(S(C)=O)cc2)cc1OC(C)=O. The van der Waals surface area contributed by atoms with Crippen LogP contribution in [0, 0.1) is 0 Å². The molecule has 0 aliphatic heterocycles. The number of pyridine rings is 1. The van der Waals surface area contributed by atoms with E-state index in [4.69, 9.17) is 9.47 Å². The van der Waals surface area contributed by atoms with Crippen LogP contribution in [0.1, 0.15) is 19.4 Å². The van der Waals surface area contributed by atoms with Crippen LogP contribution in [0.5, 0.6) is 11.5 Å². The minimum absolute atomic E-state index is 0.217. The predicted molar refractivity (Wildman–Crippen MR) is 91.7 cm³/mol. The van der Waals surface area contributed by atoms with Crippen molar-refractivity contribution in [2.75, 3.05) is 6.26 Å². The first kappa shape index (κ1) is 18.8. The number of carbonyl (C=O) groups is 2. The van der Waals surface area contributed by atoms with Crippen molar-refractivity contribution in [3.8, 4) is 11.5 Å². The zero-order chi connectivity index (χ0) is 18.4. The molecule has 7 heteroatoms. The summed E-state index contributed by atoms with van der Waals surface area (Å²) in [5, 5.41) is 0.